The molecule has 0 aliphatic carbocycles. The topological polar surface area (TPSA) is 82.4 Å². The standard InChI is InChI=1S/C14H23N3O3/c1-14(2,3)20-13(19)16-11(7-8-15)12(18)17-9-5-4-6-10-17/h11H,4-7,9-10H2,1-3H3,(H,16,19)/t11-/m0/s1. The third-order valence-electron chi connectivity index (χ3n) is 2.95. The van der Waals surface area contributed by atoms with Gasteiger partial charge < -0.3 is 15.0 Å². The zero-order valence-corrected chi connectivity index (χ0v) is 12.4. The van der Waals surface area contributed by atoms with Crippen LogP contribution in [0.3, 0.4) is 0 Å². The Kier molecular flexibility index (Phi) is 5.81. The van der Waals surface area contributed by atoms with E-state index in [2.05, 4.69) is 5.32 Å². The number of rotatable bonds is 3. The molecule has 0 spiro atoms. The van der Waals surface area contributed by atoms with Gasteiger partial charge in [-0.2, -0.15) is 5.26 Å². The lowest BCUT2D eigenvalue weighted by atomic mass is 10.1. The summed E-state index contributed by atoms with van der Waals surface area (Å²) in [4.78, 5) is 25.7. The molecule has 0 unspecified atom stereocenters. The number of amides is 2. The van der Waals surface area contributed by atoms with Crippen LogP contribution in [0.5, 0.6) is 0 Å². The Labute approximate surface area is 120 Å². The van der Waals surface area contributed by atoms with E-state index in [0.717, 1.165) is 19.3 Å². The highest BCUT2D eigenvalue weighted by Gasteiger charge is 2.28. The number of hydrogen-bond donors (Lipinski definition) is 1. The van der Waals surface area contributed by atoms with Crippen molar-refractivity contribution in [1.29, 1.82) is 5.26 Å². The Balaban J connectivity index is 2.61. The zero-order chi connectivity index (χ0) is 15.2. The van der Waals surface area contributed by atoms with Crippen molar-refractivity contribution in [2.75, 3.05) is 13.1 Å². The Morgan fingerprint density at radius 2 is 1.90 bits per heavy atom. The van der Waals surface area contributed by atoms with Crippen molar-refractivity contribution in [3.63, 3.8) is 0 Å². The van der Waals surface area contributed by atoms with E-state index in [-0.39, 0.29) is 12.3 Å². The zero-order valence-electron chi connectivity index (χ0n) is 12.4. The van der Waals surface area contributed by atoms with Crippen molar-refractivity contribution in [1.82, 2.24) is 10.2 Å². The van der Waals surface area contributed by atoms with Gasteiger partial charge in [0.25, 0.3) is 0 Å². The van der Waals surface area contributed by atoms with Crippen LogP contribution in [-0.2, 0) is 9.53 Å². The number of carbonyl (C=O) groups is 2. The van der Waals surface area contributed by atoms with E-state index in [1.807, 2.05) is 6.07 Å². The van der Waals surface area contributed by atoms with Crippen LogP contribution >= 0.6 is 0 Å². The summed E-state index contributed by atoms with van der Waals surface area (Å²) in [5, 5.41) is 11.3. The first-order chi connectivity index (χ1) is 9.33. The lowest BCUT2D eigenvalue weighted by Gasteiger charge is -2.30. The molecule has 1 saturated heterocycles. The summed E-state index contributed by atoms with van der Waals surface area (Å²) < 4.78 is 5.12. The number of nitriles is 1. The van der Waals surface area contributed by atoms with E-state index in [0.29, 0.717) is 13.1 Å². The monoisotopic (exact) mass is 281 g/mol. The Morgan fingerprint density at radius 3 is 2.40 bits per heavy atom. The summed E-state index contributed by atoms with van der Waals surface area (Å²) in [6.45, 7) is 6.63. The van der Waals surface area contributed by atoms with Crippen molar-refractivity contribution in [3.8, 4) is 6.07 Å². The molecule has 1 rings (SSSR count). The summed E-state index contributed by atoms with van der Waals surface area (Å²) in [5.74, 6) is -0.197. The minimum absolute atomic E-state index is 0.0470. The molecular formula is C14H23N3O3. The predicted molar refractivity (Wildman–Crippen MR) is 73.8 cm³/mol. The first-order valence-electron chi connectivity index (χ1n) is 6.99. The van der Waals surface area contributed by atoms with E-state index in [1.165, 1.54) is 0 Å². The average Bonchev–Trinajstić information content (AvgIpc) is 2.36. The van der Waals surface area contributed by atoms with Crippen LogP contribution in [0.15, 0.2) is 0 Å². The molecule has 0 saturated carbocycles. The van der Waals surface area contributed by atoms with E-state index in [4.69, 9.17) is 10.00 Å². The number of nitrogens with zero attached hydrogens (tertiary/aromatic N) is 2. The summed E-state index contributed by atoms with van der Waals surface area (Å²) in [6, 6.07) is 1.11. The number of alkyl carbamates (subject to hydrolysis) is 1. The van der Waals surface area contributed by atoms with Gasteiger partial charge in [-0.1, -0.05) is 0 Å². The molecule has 1 N–H and O–H groups in total. The van der Waals surface area contributed by atoms with Gasteiger partial charge in [-0.3, -0.25) is 4.79 Å². The molecule has 112 valence electrons. The first-order valence-corrected chi connectivity index (χ1v) is 6.99. The van der Waals surface area contributed by atoms with Crippen molar-refractivity contribution in [2.45, 2.75) is 58.1 Å². The van der Waals surface area contributed by atoms with Gasteiger partial charge in [0.05, 0.1) is 12.5 Å². The van der Waals surface area contributed by atoms with Crippen LogP contribution in [0.4, 0.5) is 4.79 Å². The maximum absolute atomic E-state index is 12.3. The van der Waals surface area contributed by atoms with Crippen molar-refractivity contribution in [2.24, 2.45) is 0 Å². The van der Waals surface area contributed by atoms with Crippen LogP contribution in [0, 0.1) is 11.3 Å². The number of carbonyl (C=O) groups excluding carboxylic acids is 2. The summed E-state index contributed by atoms with van der Waals surface area (Å²) in [5.41, 5.74) is -0.630. The average molecular weight is 281 g/mol. The fourth-order valence-electron chi connectivity index (χ4n) is 2.08. The number of likely N-dealkylation sites (tertiary alicyclic amines) is 1. The Hall–Kier alpha value is -1.77. The van der Waals surface area contributed by atoms with Crippen molar-refractivity contribution in [3.05, 3.63) is 0 Å². The van der Waals surface area contributed by atoms with E-state index < -0.39 is 17.7 Å². The van der Waals surface area contributed by atoms with Gasteiger partial charge in [0.1, 0.15) is 11.6 Å². The molecule has 0 aromatic carbocycles. The molecule has 0 bridgehead atoms. The largest absolute Gasteiger partial charge is 0.444 e. The highest BCUT2D eigenvalue weighted by Crippen LogP contribution is 2.12. The van der Waals surface area contributed by atoms with E-state index in [1.54, 1.807) is 25.7 Å². The second kappa shape index (κ2) is 7.13. The highest BCUT2D eigenvalue weighted by atomic mass is 16.6. The second-order valence-corrected chi connectivity index (χ2v) is 5.95. The first kappa shape index (κ1) is 16.3. The second-order valence-electron chi connectivity index (χ2n) is 5.95. The van der Waals surface area contributed by atoms with E-state index >= 15 is 0 Å². The summed E-state index contributed by atoms with van der Waals surface area (Å²) >= 11 is 0. The molecule has 0 radical (unpaired) electrons. The van der Waals surface area contributed by atoms with Crippen molar-refractivity contribution < 1.29 is 14.3 Å². The fourth-order valence-corrected chi connectivity index (χ4v) is 2.08. The van der Waals surface area contributed by atoms with Gasteiger partial charge in [-0.25, -0.2) is 4.79 Å². The van der Waals surface area contributed by atoms with Crippen LogP contribution in [0.25, 0.3) is 0 Å². The minimum atomic E-state index is -0.826. The fraction of sp³-hybridized carbons (Fsp3) is 0.786. The molecule has 1 aliphatic heterocycles. The van der Waals surface area contributed by atoms with Gasteiger partial charge in [0, 0.05) is 13.1 Å². The molecule has 1 heterocycles. The molecule has 1 atom stereocenters. The summed E-state index contributed by atoms with van der Waals surface area (Å²) in [7, 11) is 0. The van der Waals surface area contributed by atoms with Gasteiger partial charge >= 0.3 is 6.09 Å². The molecule has 1 fully saturated rings. The molecule has 0 aromatic heterocycles. The quantitative estimate of drug-likeness (QED) is 0.855. The van der Waals surface area contributed by atoms with Crippen LogP contribution in [-0.4, -0.2) is 41.6 Å². The Bertz CT molecular complexity index is 389. The SMILES string of the molecule is CC(C)(C)OC(=O)N[C@@H](CC#N)C(=O)N1CCCCC1. The van der Waals surface area contributed by atoms with Gasteiger partial charge in [-0.15, -0.1) is 0 Å². The highest BCUT2D eigenvalue weighted by molar-refractivity contribution is 5.86. The Morgan fingerprint density at radius 1 is 1.30 bits per heavy atom. The molecule has 1 aliphatic rings. The van der Waals surface area contributed by atoms with Crippen LogP contribution in [0.1, 0.15) is 46.5 Å². The number of piperidine rings is 1. The maximum atomic E-state index is 12.3. The molecule has 0 aromatic rings. The lowest BCUT2D eigenvalue weighted by Crippen LogP contribution is -2.50. The van der Waals surface area contributed by atoms with Gasteiger partial charge in [0.2, 0.25) is 5.91 Å². The van der Waals surface area contributed by atoms with Gasteiger partial charge in [0.15, 0.2) is 0 Å². The number of hydrogen-bond acceptors (Lipinski definition) is 4. The number of nitrogens with one attached hydrogen (secondary N) is 1. The van der Waals surface area contributed by atoms with E-state index in [9.17, 15) is 9.59 Å². The molecule has 6 heteroatoms. The maximum Gasteiger partial charge on any atom is 0.408 e. The minimum Gasteiger partial charge on any atom is -0.444 e. The van der Waals surface area contributed by atoms with Gasteiger partial charge in [-0.05, 0) is 40.0 Å². The molecule has 2 amide bonds. The smallest absolute Gasteiger partial charge is 0.408 e. The van der Waals surface area contributed by atoms with Crippen molar-refractivity contribution >= 4 is 12.0 Å². The van der Waals surface area contributed by atoms with Crippen LogP contribution in [0.2, 0.25) is 0 Å². The number of ether oxygens (including phenoxy) is 1. The summed E-state index contributed by atoms with van der Waals surface area (Å²) in [6.07, 6.45) is 2.35. The van der Waals surface area contributed by atoms with Crippen LogP contribution < -0.4 is 5.32 Å². The normalized spacial score (nSPS) is 17.0. The predicted octanol–water partition coefficient (Wildman–Crippen LogP) is 1.81. The third kappa shape index (κ3) is 5.47. The lowest BCUT2D eigenvalue weighted by molar-refractivity contribution is -0.134. The third-order valence-corrected chi connectivity index (χ3v) is 2.95. The molecule has 6 nitrogen and oxygen atoms in total. The molecule has 20 heavy (non-hydrogen) atoms. The molecular weight excluding hydrogens is 258 g/mol.